The van der Waals surface area contributed by atoms with Gasteiger partial charge in [-0.2, -0.15) is 0 Å². The van der Waals surface area contributed by atoms with Gasteiger partial charge in [0.25, 0.3) is 0 Å². The highest BCUT2D eigenvalue weighted by Gasteiger charge is 2.37. The third-order valence-corrected chi connectivity index (χ3v) is 3.55. The van der Waals surface area contributed by atoms with Crippen LogP contribution in [0.4, 0.5) is 0 Å². The fourth-order valence-corrected chi connectivity index (χ4v) is 3.15. The Hall–Kier alpha value is 0.927. The predicted molar refractivity (Wildman–Crippen MR) is 66.8 cm³/mol. The van der Waals surface area contributed by atoms with E-state index in [9.17, 15) is 0 Å². The van der Waals surface area contributed by atoms with E-state index in [1.54, 1.807) is 0 Å². The Bertz CT molecular complexity index is 172. The molecule has 0 aliphatic rings. The van der Waals surface area contributed by atoms with Gasteiger partial charge in [0.05, 0.1) is 0 Å². The molecule has 16 heavy (non-hydrogen) atoms. The molecule has 0 bridgehead atoms. The van der Waals surface area contributed by atoms with Crippen LogP contribution in [0.25, 0.3) is 0 Å². The van der Waals surface area contributed by atoms with Gasteiger partial charge in [-0.05, 0) is 24.7 Å². The van der Waals surface area contributed by atoms with Crippen molar-refractivity contribution in [2.24, 2.45) is 5.41 Å². The molecule has 8 heteroatoms. The molecule has 0 radical (unpaired) electrons. The Balaban J connectivity index is 4.46. The topological polar surface area (TPSA) is 69.9 Å². The highest BCUT2D eigenvalue weighted by atomic mass is 35.5. The molecule has 0 amide bonds. The van der Waals surface area contributed by atoms with Gasteiger partial charge in [0, 0.05) is 24.2 Å². The normalized spacial score (nSPS) is 13.1. The summed E-state index contributed by atoms with van der Waals surface area (Å²) in [6.45, 7) is -0.00508. The first-order valence-electron chi connectivity index (χ1n) is 4.88. The first kappa shape index (κ1) is 16.9. The van der Waals surface area contributed by atoms with Gasteiger partial charge in [-0.3, -0.25) is 0 Å². The van der Waals surface area contributed by atoms with Gasteiger partial charge in [-0.25, -0.2) is 0 Å². The third-order valence-electron chi connectivity index (χ3n) is 2.45. The van der Waals surface area contributed by atoms with Gasteiger partial charge in [0.15, 0.2) is 0 Å². The first-order valence-corrected chi connectivity index (χ1v) is 8.23. The second-order valence-electron chi connectivity index (χ2n) is 3.68. The standard InChI is InChI=1S/C8H17Cl3O4Si/c9-4-1-8(2-5-10,3-6-11)7-15-16(12,13)14/h12-14H,1-7H2. The molecular weight excluding hydrogens is 295 g/mol. The van der Waals surface area contributed by atoms with Crippen molar-refractivity contribution in [2.45, 2.75) is 19.3 Å². The van der Waals surface area contributed by atoms with Crippen molar-refractivity contribution in [3.05, 3.63) is 0 Å². The van der Waals surface area contributed by atoms with Crippen LogP contribution in [-0.2, 0) is 4.43 Å². The van der Waals surface area contributed by atoms with Crippen molar-refractivity contribution in [2.75, 3.05) is 24.2 Å². The fourth-order valence-electron chi connectivity index (χ4n) is 1.44. The van der Waals surface area contributed by atoms with Crippen molar-refractivity contribution >= 4 is 43.9 Å². The lowest BCUT2D eigenvalue weighted by Crippen LogP contribution is -2.43. The Labute approximate surface area is 112 Å². The lowest BCUT2D eigenvalue weighted by molar-refractivity contribution is 0.0161. The molecule has 0 aromatic heterocycles. The lowest BCUT2D eigenvalue weighted by Gasteiger charge is -2.33. The maximum Gasteiger partial charge on any atom is 0.671 e. The van der Waals surface area contributed by atoms with Crippen LogP contribution < -0.4 is 0 Å². The minimum Gasteiger partial charge on any atom is -0.368 e. The summed E-state index contributed by atoms with van der Waals surface area (Å²) in [5, 5.41) is 0. The van der Waals surface area contributed by atoms with Crippen LogP contribution in [-0.4, -0.2) is 47.7 Å². The van der Waals surface area contributed by atoms with E-state index in [2.05, 4.69) is 4.43 Å². The lowest BCUT2D eigenvalue weighted by atomic mass is 9.81. The molecule has 0 fully saturated rings. The van der Waals surface area contributed by atoms with E-state index in [4.69, 9.17) is 49.2 Å². The van der Waals surface area contributed by atoms with Crippen LogP contribution in [0.3, 0.4) is 0 Å². The van der Waals surface area contributed by atoms with E-state index >= 15 is 0 Å². The second-order valence-corrected chi connectivity index (χ2v) is 6.25. The van der Waals surface area contributed by atoms with E-state index in [0.717, 1.165) is 0 Å². The maximum absolute atomic E-state index is 8.81. The molecule has 0 saturated heterocycles. The first-order chi connectivity index (χ1) is 7.39. The number of rotatable bonds is 9. The molecule has 3 N–H and O–H groups in total. The molecular formula is C8H17Cl3O4Si. The van der Waals surface area contributed by atoms with Crippen LogP contribution in [0.2, 0.25) is 0 Å². The zero-order chi connectivity index (χ0) is 12.7. The number of hydrogen-bond donors (Lipinski definition) is 3. The van der Waals surface area contributed by atoms with Crippen molar-refractivity contribution in [1.82, 2.24) is 0 Å². The van der Waals surface area contributed by atoms with Crippen LogP contribution in [0.15, 0.2) is 0 Å². The third kappa shape index (κ3) is 7.29. The fraction of sp³-hybridized carbons (Fsp3) is 1.00. The van der Waals surface area contributed by atoms with Crippen molar-refractivity contribution in [1.29, 1.82) is 0 Å². The maximum atomic E-state index is 8.81. The summed E-state index contributed by atoms with van der Waals surface area (Å²) < 4.78 is 4.68. The van der Waals surface area contributed by atoms with E-state index in [1.165, 1.54) is 0 Å². The Morgan fingerprint density at radius 1 is 0.875 bits per heavy atom. The number of halogens is 3. The molecule has 0 spiro atoms. The van der Waals surface area contributed by atoms with E-state index in [0.29, 0.717) is 36.9 Å². The SMILES string of the molecule is O[Si](O)(O)OCC(CCCl)(CCCl)CCCl. The summed E-state index contributed by atoms with van der Waals surface area (Å²) in [6, 6.07) is 0. The van der Waals surface area contributed by atoms with Gasteiger partial charge < -0.3 is 18.8 Å². The van der Waals surface area contributed by atoms with Gasteiger partial charge in [0.1, 0.15) is 0 Å². The van der Waals surface area contributed by atoms with Gasteiger partial charge in [-0.15, -0.1) is 34.8 Å². The molecule has 0 heterocycles. The van der Waals surface area contributed by atoms with Crippen LogP contribution in [0, 0.1) is 5.41 Å². The van der Waals surface area contributed by atoms with E-state index in [-0.39, 0.29) is 6.61 Å². The minimum atomic E-state index is -4.48. The minimum absolute atomic E-state index is 0.00508. The molecule has 0 saturated carbocycles. The van der Waals surface area contributed by atoms with E-state index in [1.807, 2.05) is 0 Å². The molecule has 0 aliphatic carbocycles. The van der Waals surface area contributed by atoms with Gasteiger partial charge in [0.2, 0.25) is 0 Å². The second kappa shape index (κ2) is 8.10. The number of alkyl halides is 3. The summed E-state index contributed by atoms with van der Waals surface area (Å²) in [5.41, 5.74) is -0.405. The molecule has 4 nitrogen and oxygen atoms in total. The number of hydrogen-bond acceptors (Lipinski definition) is 4. The highest BCUT2D eigenvalue weighted by molar-refractivity contribution is 6.48. The van der Waals surface area contributed by atoms with Crippen molar-refractivity contribution in [3.63, 3.8) is 0 Å². The Morgan fingerprint density at radius 3 is 1.50 bits per heavy atom. The monoisotopic (exact) mass is 310 g/mol. The van der Waals surface area contributed by atoms with Gasteiger partial charge in [-0.1, -0.05) is 0 Å². The Kier molecular flexibility index (Phi) is 8.57. The molecule has 0 aromatic carbocycles. The molecule has 98 valence electrons. The predicted octanol–water partition coefficient (Wildman–Crippen LogP) is 1.29. The van der Waals surface area contributed by atoms with E-state index < -0.39 is 14.5 Å². The van der Waals surface area contributed by atoms with Crippen LogP contribution in [0.5, 0.6) is 0 Å². The molecule has 0 aliphatic heterocycles. The van der Waals surface area contributed by atoms with Crippen LogP contribution >= 0.6 is 34.8 Å². The summed E-state index contributed by atoms with van der Waals surface area (Å²) in [7, 11) is -4.48. The zero-order valence-electron chi connectivity index (χ0n) is 8.83. The van der Waals surface area contributed by atoms with Crippen molar-refractivity contribution in [3.8, 4) is 0 Å². The molecule has 0 atom stereocenters. The summed E-state index contributed by atoms with van der Waals surface area (Å²) in [5.74, 6) is 1.19. The average molecular weight is 312 g/mol. The van der Waals surface area contributed by atoms with Gasteiger partial charge >= 0.3 is 9.05 Å². The van der Waals surface area contributed by atoms with Crippen LogP contribution in [0.1, 0.15) is 19.3 Å². The quantitative estimate of drug-likeness (QED) is 0.443. The largest absolute Gasteiger partial charge is 0.671 e. The smallest absolute Gasteiger partial charge is 0.368 e. The highest BCUT2D eigenvalue weighted by Crippen LogP contribution is 2.33. The zero-order valence-corrected chi connectivity index (χ0v) is 12.1. The van der Waals surface area contributed by atoms with Crippen molar-refractivity contribution < 1.29 is 18.8 Å². The summed E-state index contributed by atoms with van der Waals surface area (Å²) in [6.07, 6.45) is 1.79. The summed E-state index contributed by atoms with van der Waals surface area (Å²) >= 11 is 17.1. The average Bonchev–Trinajstić information content (AvgIpc) is 2.15. The summed E-state index contributed by atoms with van der Waals surface area (Å²) in [4.78, 5) is 26.4. The molecule has 0 aromatic rings. The Morgan fingerprint density at radius 2 is 1.25 bits per heavy atom. The molecule has 0 unspecified atom stereocenters. The molecule has 0 rings (SSSR count).